The van der Waals surface area contributed by atoms with Gasteiger partial charge in [-0.15, -0.1) is 0 Å². The number of carbonyl (C=O) groups is 1. The van der Waals surface area contributed by atoms with E-state index in [2.05, 4.69) is 29.0 Å². The third-order valence-electron chi connectivity index (χ3n) is 5.21. The van der Waals surface area contributed by atoms with Crippen molar-refractivity contribution in [2.24, 2.45) is 11.7 Å². The molecule has 3 N–H and O–H groups in total. The molecule has 2 fully saturated rings. The van der Waals surface area contributed by atoms with Gasteiger partial charge in [-0.25, -0.2) is 4.98 Å². The second-order valence-electron chi connectivity index (χ2n) is 7.52. The summed E-state index contributed by atoms with van der Waals surface area (Å²) < 4.78 is 5.76. The third-order valence-corrected chi connectivity index (χ3v) is 5.21. The lowest BCUT2D eigenvalue weighted by Gasteiger charge is -2.36. The summed E-state index contributed by atoms with van der Waals surface area (Å²) in [6.45, 7) is 6.40. The van der Waals surface area contributed by atoms with Gasteiger partial charge in [-0.2, -0.15) is 0 Å². The number of nitrogens with two attached hydrogens (primary N) is 1. The maximum absolute atomic E-state index is 12.1. The number of hydrogen-bond donors (Lipinski definition) is 2. The van der Waals surface area contributed by atoms with E-state index in [1.165, 1.54) is 0 Å². The van der Waals surface area contributed by atoms with Crippen LogP contribution < -0.4 is 16.0 Å². The van der Waals surface area contributed by atoms with Crippen molar-refractivity contribution in [3.8, 4) is 0 Å². The van der Waals surface area contributed by atoms with E-state index < -0.39 is 0 Å². The first-order chi connectivity index (χ1) is 12.0. The number of hydrogen-bond acceptors (Lipinski definition) is 5. The van der Waals surface area contributed by atoms with Gasteiger partial charge < -0.3 is 20.7 Å². The number of ether oxygens (including phenoxy) is 1. The highest BCUT2D eigenvalue weighted by Gasteiger charge is 2.26. The summed E-state index contributed by atoms with van der Waals surface area (Å²) >= 11 is 0. The molecule has 6 heteroatoms. The van der Waals surface area contributed by atoms with Gasteiger partial charge in [-0.3, -0.25) is 4.79 Å². The van der Waals surface area contributed by atoms with Crippen LogP contribution in [-0.4, -0.2) is 42.2 Å². The minimum atomic E-state index is 0.0854. The van der Waals surface area contributed by atoms with Crippen molar-refractivity contribution in [3.05, 3.63) is 23.9 Å². The summed E-state index contributed by atoms with van der Waals surface area (Å²) in [5, 5.41) is 2.99. The Morgan fingerprint density at radius 1 is 1.32 bits per heavy atom. The lowest BCUT2D eigenvalue weighted by atomic mass is 10.00. The van der Waals surface area contributed by atoms with E-state index in [0.717, 1.165) is 43.7 Å². The third kappa shape index (κ3) is 4.92. The molecule has 2 unspecified atom stereocenters. The molecule has 1 saturated heterocycles. The highest BCUT2D eigenvalue weighted by Crippen LogP contribution is 2.26. The Kier molecular flexibility index (Phi) is 5.91. The molecule has 25 heavy (non-hydrogen) atoms. The average molecular weight is 346 g/mol. The van der Waals surface area contributed by atoms with Gasteiger partial charge in [0.15, 0.2) is 0 Å². The van der Waals surface area contributed by atoms with E-state index in [9.17, 15) is 4.79 Å². The number of amides is 1. The fourth-order valence-electron chi connectivity index (χ4n) is 3.90. The molecule has 0 radical (unpaired) electrons. The quantitative estimate of drug-likeness (QED) is 0.850. The minimum absolute atomic E-state index is 0.0854. The van der Waals surface area contributed by atoms with Crippen molar-refractivity contribution >= 4 is 11.7 Å². The molecule has 0 aromatic carbocycles. The van der Waals surface area contributed by atoms with Gasteiger partial charge in [0, 0.05) is 38.3 Å². The Balaban J connectivity index is 1.48. The van der Waals surface area contributed by atoms with E-state index in [4.69, 9.17) is 10.5 Å². The number of rotatable bonds is 5. The summed E-state index contributed by atoms with van der Waals surface area (Å²) in [7, 11) is 0. The molecule has 1 aliphatic carbocycles. The summed E-state index contributed by atoms with van der Waals surface area (Å²) in [6, 6.07) is 4.25. The highest BCUT2D eigenvalue weighted by molar-refractivity contribution is 5.76. The van der Waals surface area contributed by atoms with Crippen LogP contribution in [0, 0.1) is 5.92 Å². The Morgan fingerprint density at radius 3 is 2.68 bits per heavy atom. The van der Waals surface area contributed by atoms with Gasteiger partial charge in [-0.1, -0.05) is 12.5 Å². The summed E-state index contributed by atoms with van der Waals surface area (Å²) in [4.78, 5) is 18.9. The van der Waals surface area contributed by atoms with Crippen LogP contribution in [0.2, 0.25) is 0 Å². The first kappa shape index (κ1) is 18.1. The molecular formula is C19H30N4O2. The zero-order chi connectivity index (χ0) is 17.8. The first-order valence-corrected chi connectivity index (χ1v) is 9.39. The lowest BCUT2D eigenvalue weighted by molar-refractivity contribution is -0.122. The molecule has 4 atom stereocenters. The second-order valence-corrected chi connectivity index (χ2v) is 7.52. The molecule has 0 bridgehead atoms. The van der Waals surface area contributed by atoms with Crippen LogP contribution in [0.25, 0.3) is 0 Å². The largest absolute Gasteiger partial charge is 0.372 e. The summed E-state index contributed by atoms with van der Waals surface area (Å²) in [5.74, 6) is 1.39. The number of morpholine rings is 1. The zero-order valence-electron chi connectivity index (χ0n) is 15.3. The number of carbonyl (C=O) groups excluding carboxylic acids is 1. The van der Waals surface area contributed by atoms with Gasteiger partial charge in [0.25, 0.3) is 0 Å². The molecule has 2 aliphatic rings. The molecule has 2 heterocycles. The van der Waals surface area contributed by atoms with Crippen LogP contribution >= 0.6 is 0 Å². The van der Waals surface area contributed by atoms with Crippen molar-refractivity contribution in [1.29, 1.82) is 0 Å². The number of anilines is 1. The molecule has 1 aliphatic heterocycles. The highest BCUT2D eigenvalue weighted by atomic mass is 16.5. The van der Waals surface area contributed by atoms with Crippen LogP contribution in [0.4, 0.5) is 5.82 Å². The monoisotopic (exact) mass is 346 g/mol. The van der Waals surface area contributed by atoms with E-state index >= 15 is 0 Å². The van der Waals surface area contributed by atoms with Gasteiger partial charge >= 0.3 is 0 Å². The van der Waals surface area contributed by atoms with Gasteiger partial charge in [0.2, 0.25) is 5.91 Å². The van der Waals surface area contributed by atoms with Crippen molar-refractivity contribution in [3.63, 3.8) is 0 Å². The average Bonchev–Trinajstić information content (AvgIpc) is 2.97. The molecule has 1 saturated carbocycles. The van der Waals surface area contributed by atoms with Gasteiger partial charge in [0.05, 0.1) is 12.2 Å². The predicted octanol–water partition coefficient (Wildman–Crippen LogP) is 1.83. The lowest BCUT2D eigenvalue weighted by Crippen LogP contribution is -2.45. The van der Waals surface area contributed by atoms with E-state index in [1.54, 1.807) is 0 Å². The van der Waals surface area contributed by atoms with Gasteiger partial charge in [-0.05, 0) is 44.2 Å². The van der Waals surface area contributed by atoms with Crippen molar-refractivity contribution < 1.29 is 9.53 Å². The molecule has 138 valence electrons. The fraction of sp³-hybridized carbons (Fsp3) is 0.684. The zero-order valence-corrected chi connectivity index (χ0v) is 15.3. The number of pyridine rings is 1. The first-order valence-electron chi connectivity index (χ1n) is 9.39. The van der Waals surface area contributed by atoms with Crippen LogP contribution in [0.1, 0.15) is 45.1 Å². The van der Waals surface area contributed by atoms with Crippen LogP contribution in [0.5, 0.6) is 0 Å². The maximum atomic E-state index is 12.1. The molecule has 0 spiro atoms. The molecule has 1 aromatic rings. The normalized spacial score (nSPS) is 29.6. The van der Waals surface area contributed by atoms with Crippen LogP contribution in [0.15, 0.2) is 18.3 Å². The molecule has 1 amide bonds. The standard InChI is InChI=1S/C19H30N4O2/c1-13-11-23(12-14(2)25-13)18-7-6-15(9-21-18)10-22-19(24)8-16-4-3-5-17(16)20/h6-7,9,13-14,16-17H,3-5,8,10-12,20H2,1-2H3,(H,22,24)/t13?,14?,16-,17+/m0/s1. The van der Waals surface area contributed by atoms with Crippen LogP contribution in [-0.2, 0) is 16.1 Å². The fourth-order valence-corrected chi connectivity index (χ4v) is 3.90. The number of aromatic nitrogens is 1. The van der Waals surface area contributed by atoms with Crippen molar-refractivity contribution in [1.82, 2.24) is 10.3 Å². The van der Waals surface area contributed by atoms with Crippen molar-refractivity contribution in [2.75, 3.05) is 18.0 Å². The Hall–Kier alpha value is -1.66. The predicted molar refractivity (Wildman–Crippen MR) is 98.2 cm³/mol. The Bertz CT molecular complexity index is 567. The van der Waals surface area contributed by atoms with Crippen molar-refractivity contribution in [2.45, 2.75) is 64.3 Å². The van der Waals surface area contributed by atoms with Gasteiger partial charge in [0.1, 0.15) is 5.82 Å². The Labute approximate surface area is 150 Å². The minimum Gasteiger partial charge on any atom is -0.372 e. The van der Waals surface area contributed by atoms with E-state index in [0.29, 0.717) is 18.9 Å². The summed E-state index contributed by atoms with van der Waals surface area (Å²) in [6.07, 6.45) is 6.07. The molecule has 6 nitrogen and oxygen atoms in total. The molecule has 1 aromatic heterocycles. The molecular weight excluding hydrogens is 316 g/mol. The number of nitrogens with one attached hydrogen (secondary N) is 1. The van der Waals surface area contributed by atoms with E-state index in [-0.39, 0.29) is 24.2 Å². The topological polar surface area (TPSA) is 80.5 Å². The van der Waals surface area contributed by atoms with E-state index in [1.807, 2.05) is 18.3 Å². The Morgan fingerprint density at radius 2 is 2.08 bits per heavy atom. The smallest absolute Gasteiger partial charge is 0.220 e. The number of nitrogens with zero attached hydrogens (tertiary/aromatic N) is 2. The van der Waals surface area contributed by atoms with Crippen LogP contribution in [0.3, 0.4) is 0 Å². The molecule has 3 rings (SSSR count). The maximum Gasteiger partial charge on any atom is 0.220 e. The SMILES string of the molecule is CC1CN(c2ccc(CNC(=O)C[C@@H]3CCC[C@H]3N)cn2)CC(C)O1. The summed E-state index contributed by atoms with van der Waals surface area (Å²) in [5.41, 5.74) is 7.05. The second kappa shape index (κ2) is 8.15.